The first kappa shape index (κ1) is 13.3. The molecule has 2 unspecified atom stereocenters. The molecule has 0 heterocycles. The van der Waals surface area contributed by atoms with E-state index >= 15 is 0 Å². The molecule has 0 aromatic heterocycles. The summed E-state index contributed by atoms with van der Waals surface area (Å²) >= 11 is 0. The van der Waals surface area contributed by atoms with Gasteiger partial charge in [-0.3, -0.25) is 4.79 Å². The van der Waals surface area contributed by atoms with Crippen molar-refractivity contribution in [2.24, 2.45) is 5.73 Å². The van der Waals surface area contributed by atoms with E-state index < -0.39 is 6.04 Å². The largest absolute Gasteiger partial charge is 0.338 e. The fraction of sp³-hybridized carbons (Fsp3) is 0.357. The van der Waals surface area contributed by atoms with Crippen LogP contribution in [0.1, 0.15) is 24.9 Å². The molecule has 2 N–H and O–H groups in total. The Labute approximate surface area is 103 Å². The van der Waals surface area contributed by atoms with E-state index in [0.717, 1.165) is 5.56 Å². The van der Waals surface area contributed by atoms with Gasteiger partial charge in [-0.05, 0) is 12.5 Å². The van der Waals surface area contributed by atoms with Crippen molar-refractivity contribution >= 4 is 5.91 Å². The Hall–Kier alpha value is -1.79. The average molecular weight is 230 g/mol. The van der Waals surface area contributed by atoms with Crippen molar-refractivity contribution < 1.29 is 4.79 Å². The average Bonchev–Trinajstić information content (AvgIpc) is 2.37. The van der Waals surface area contributed by atoms with Gasteiger partial charge in [0.15, 0.2) is 0 Å². The summed E-state index contributed by atoms with van der Waals surface area (Å²) in [6.45, 7) is 1.97. The molecular formula is C14H18N2O. The summed E-state index contributed by atoms with van der Waals surface area (Å²) in [6.07, 6.45) is 5.42. The van der Waals surface area contributed by atoms with Gasteiger partial charge in [-0.25, -0.2) is 0 Å². The minimum Gasteiger partial charge on any atom is -0.338 e. The van der Waals surface area contributed by atoms with E-state index in [0.29, 0.717) is 0 Å². The minimum atomic E-state index is -0.615. The Morgan fingerprint density at radius 2 is 2.06 bits per heavy atom. The van der Waals surface area contributed by atoms with Crippen LogP contribution in [-0.2, 0) is 4.79 Å². The molecule has 1 aromatic rings. The van der Waals surface area contributed by atoms with Crippen LogP contribution in [0.4, 0.5) is 0 Å². The van der Waals surface area contributed by atoms with Crippen LogP contribution in [0.3, 0.4) is 0 Å². The highest BCUT2D eigenvalue weighted by molar-refractivity contribution is 5.82. The van der Waals surface area contributed by atoms with Gasteiger partial charge < -0.3 is 10.6 Å². The van der Waals surface area contributed by atoms with Crippen LogP contribution in [0, 0.1) is 12.3 Å². The number of terminal acetylenes is 1. The summed E-state index contributed by atoms with van der Waals surface area (Å²) in [5, 5.41) is 0. The number of hydrogen-bond acceptors (Lipinski definition) is 2. The molecule has 0 aliphatic heterocycles. The standard InChI is InChI=1S/C14H18N2O/c1-4-8-13(15)14(17)16(3)11(2)12-9-6-5-7-10-12/h1,5-7,9-11,13H,8,15H2,2-3H3. The van der Waals surface area contributed by atoms with Crippen molar-refractivity contribution in [3.8, 4) is 12.3 Å². The second kappa shape index (κ2) is 6.07. The Kier molecular flexibility index (Phi) is 4.74. The second-order valence-corrected chi connectivity index (χ2v) is 4.05. The highest BCUT2D eigenvalue weighted by atomic mass is 16.2. The van der Waals surface area contributed by atoms with E-state index in [2.05, 4.69) is 5.92 Å². The highest BCUT2D eigenvalue weighted by Crippen LogP contribution is 2.18. The van der Waals surface area contributed by atoms with E-state index in [1.165, 1.54) is 0 Å². The third kappa shape index (κ3) is 3.33. The monoisotopic (exact) mass is 230 g/mol. The summed E-state index contributed by atoms with van der Waals surface area (Å²) in [7, 11) is 1.75. The lowest BCUT2D eigenvalue weighted by Crippen LogP contribution is -2.42. The number of nitrogens with two attached hydrogens (primary N) is 1. The van der Waals surface area contributed by atoms with Crippen molar-refractivity contribution in [3.63, 3.8) is 0 Å². The molecule has 1 amide bonds. The Balaban J connectivity index is 2.74. The third-order valence-corrected chi connectivity index (χ3v) is 2.87. The molecule has 2 atom stereocenters. The van der Waals surface area contributed by atoms with Crippen molar-refractivity contribution in [2.45, 2.75) is 25.4 Å². The maximum absolute atomic E-state index is 12.0. The van der Waals surface area contributed by atoms with Gasteiger partial charge in [-0.2, -0.15) is 0 Å². The highest BCUT2D eigenvalue weighted by Gasteiger charge is 2.21. The first-order valence-corrected chi connectivity index (χ1v) is 5.58. The van der Waals surface area contributed by atoms with Crippen molar-refractivity contribution in [1.29, 1.82) is 0 Å². The van der Waals surface area contributed by atoms with E-state index in [1.807, 2.05) is 37.3 Å². The molecule has 0 radical (unpaired) electrons. The van der Waals surface area contributed by atoms with Gasteiger partial charge in [0.1, 0.15) is 0 Å². The smallest absolute Gasteiger partial charge is 0.240 e. The number of benzene rings is 1. The van der Waals surface area contributed by atoms with Gasteiger partial charge in [0.2, 0.25) is 5.91 Å². The third-order valence-electron chi connectivity index (χ3n) is 2.87. The molecule has 0 aliphatic carbocycles. The van der Waals surface area contributed by atoms with Crippen LogP contribution in [0.25, 0.3) is 0 Å². The van der Waals surface area contributed by atoms with Crippen molar-refractivity contribution in [3.05, 3.63) is 35.9 Å². The fourth-order valence-electron chi connectivity index (χ4n) is 1.62. The fourth-order valence-corrected chi connectivity index (χ4v) is 1.62. The summed E-state index contributed by atoms with van der Waals surface area (Å²) in [5.41, 5.74) is 6.79. The lowest BCUT2D eigenvalue weighted by atomic mass is 10.1. The number of carbonyl (C=O) groups is 1. The zero-order valence-electron chi connectivity index (χ0n) is 10.3. The van der Waals surface area contributed by atoms with Gasteiger partial charge >= 0.3 is 0 Å². The van der Waals surface area contributed by atoms with Crippen LogP contribution >= 0.6 is 0 Å². The normalized spacial score (nSPS) is 13.5. The molecule has 90 valence electrons. The second-order valence-electron chi connectivity index (χ2n) is 4.05. The van der Waals surface area contributed by atoms with E-state index in [4.69, 9.17) is 12.2 Å². The quantitative estimate of drug-likeness (QED) is 0.798. The lowest BCUT2D eigenvalue weighted by Gasteiger charge is -2.27. The molecule has 3 heteroatoms. The van der Waals surface area contributed by atoms with Crippen LogP contribution in [-0.4, -0.2) is 23.9 Å². The van der Waals surface area contributed by atoms with E-state index in [-0.39, 0.29) is 18.4 Å². The molecule has 1 aromatic carbocycles. The maximum Gasteiger partial charge on any atom is 0.240 e. The SMILES string of the molecule is C#CCC(N)C(=O)N(C)C(C)c1ccccc1. The number of likely N-dealkylation sites (N-methyl/N-ethyl adjacent to an activating group) is 1. The molecule has 0 spiro atoms. The summed E-state index contributed by atoms with van der Waals surface area (Å²) in [6, 6.07) is 9.20. The molecule has 0 bridgehead atoms. The van der Waals surface area contributed by atoms with Gasteiger partial charge in [0.25, 0.3) is 0 Å². The number of nitrogens with zero attached hydrogens (tertiary/aromatic N) is 1. The minimum absolute atomic E-state index is 0.00692. The van der Waals surface area contributed by atoms with Gasteiger partial charge in [-0.15, -0.1) is 12.3 Å². The summed E-state index contributed by atoms with van der Waals surface area (Å²) in [5.74, 6) is 2.28. The van der Waals surface area contributed by atoms with Crippen molar-refractivity contribution in [1.82, 2.24) is 4.90 Å². The first-order chi connectivity index (χ1) is 8.07. The Morgan fingerprint density at radius 1 is 1.47 bits per heavy atom. The molecule has 1 rings (SSSR count). The molecule has 17 heavy (non-hydrogen) atoms. The van der Waals surface area contributed by atoms with Gasteiger partial charge in [0.05, 0.1) is 12.1 Å². The zero-order valence-corrected chi connectivity index (χ0v) is 10.3. The molecule has 0 fully saturated rings. The number of carbonyl (C=O) groups excluding carboxylic acids is 1. The van der Waals surface area contributed by atoms with E-state index in [1.54, 1.807) is 11.9 Å². The van der Waals surface area contributed by atoms with E-state index in [9.17, 15) is 4.79 Å². The van der Waals surface area contributed by atoms with Crippen LogP contribution in [0.15, 0.2) is 30.3 Å². The van der Waals surface area contributed by atoms with Gasteiger partial charge in [0, 0.05) is 13.5 Å². The topological polar surface area (TPSA) is 46.3 Å². The van der Waals surface area contributed by atoms with Crippen LogP contribution in [0.5, 0.6) is 0 Å². The molecule has 3 nitrogen and oxygen atoms in total. The molecular weight excluding hydrogens is 212 g/mol. The predicted octanol–water partition coefficient (Wildman–Crippen LogP) is 1.56. The Bertz CT molecular complexity index is 408. The van der Waals surface area contributed by atoms with Crippen molar-refractivity contribution in [2.75, 3.05) is 7.05 Å². The maximum atomic E-state index is 12.0. The lowest BCUT2D eigenvalue weighted by molar-refractivity contribution is -0.133. The van der Waals surface area contributed by atoms with Crippen LogP contribution in [0.2, 0.25) is 0 Å². The van der Waals surface area contributed by atoms with Gasteiger partial charge in [-0.1, -0.05) is 30.3 Å². The number of amides is 1. The molecule has 0 aliphatic rings. The summed E-state index contributed by atoms with van der Waals surface area (Å²) < 4.78 is 0. The predicted molar refractivity (Wildman–Crippen MR) is 69.1 cm³/mol. The van der Waals surface area contributed by atoms with Crippen LogP contribution < -0.4 is 5.73 Å². The number of rotatable bonds is 4. The molecule has 0 saturated heterocycles. The Morgan fingerprint density at radius 3 is 2.59 bits per heavy atom. The zero-order chi connectivity index (χ0) is 12.8. The number of hydrogen-bond donors (Lipinski definition) is 1. The summed E-state index contributed by atoms with van der Waals surface area (Å²) in [4.78, 5) is 13.6. The molecule has 0 saturated carbocycles. The first-order valence-electron chi connectivity index (χ1n) is 5.58.